The first-order chi connectivity index (χ1) is 10.0. The van der Waals surface area contributed by atoms with Gasteiger partial charge in [-0.3, -0.25) is 4.68 Å². The maximum absolute atomic E-state index is 13.4. The van der Waals surface area contributed by atoms with Gasteiger partial charge >= 0.3 is 0 Å². The van der Waals surface area contributed by atoms with Gasteiger partial charge in [0.15, 0.2) is 0 Å². The number of ether oxygens (including phenoxy) is 1. The van der Waals surface area contributed by atoms with E-state index in [-0.39, 0.29) is 5.82 Å². The molecule has 0 saturated heterocycles. The number of nitrogens with one attached hydrogen (secondary N) is 1. The summed E-state index contributed by atoms with van der Waals surface area (Å²) < 4.78 is 20.9. The summed E-state index contributed by atoms with van der Waals surface area (Å²) in [4.78, 5) is 0. The minimum absolute atomic E-state index is 0.241. The van der Waals surface area contributed by atoms with E-state index in [9.17, 15) is 4.39 Å². The van der Waals surface area contributed by atoms with Crippen molar-refractivity contribution in [3.63, 3.8) is 0 Å². The number of aromatic nitrogens is 2. The van der Waals surface area contributed by atoms with Crippen LogP contribution in [0.4, 0.5) is 4.39 Å². The predicted molar refractivity (Wildman–Crippen MR) is 80.8 cm³/mol. The van der Waals surface area contributed by atoms with Crippen molar-refractivity contribution in [1.82, 2.24) is 15.1 Å². The maximum atomic E-state index is 13.4. The molecule has 114 valence electrons. The molecule has 4 nitrogen and oxygen atoms in total. The molecule has 21 heavy (non-hydrogen) atoms. The lowest BCUT2D eigenvalue weighted by Crippen LogP contribution is -2.22. The number of aryl methyl sites for hydroxylation is 1. The Balaban J connectivity index is 1.94. The van der Waals surface area contributed by atoms with Crippen molar-refractivity contribution in [1.29, 1.82) is 0 Å². The third-order valence-electron chi connectivity index (χ3n) is 3.13. The van der Waals surface area contributed by atoms with Crippen molar-refractivity contribution in [2.24, 2.45) is 7.05 Å². The number of nitrogens with zero attached hydrogens (tertiary/aromatic N) is 2. The Morgan fingerprint density at radius 2 is 2.19 bits per heavy atom. The highest BCUT2D eigenvalue weighted by molar-refractivity contribution is 5.34. The molecule has 0 aliphatic rings. The zero-order chi connectivity index (χ0) is 15.2. The molecule has 0 unspecified atom stereocenters. The molecule has 0 aliphatic heterocycles. The zero-order valence-corrected chi connectivity index (χ0v) is 12.8. The average molecular weight is 291 g/mol. The van der Waals surface area contributed by atoms with Crippen LogP contribution in [0.3, 0.4) is 0 Å². The van der Waals surface area contributed by atoms with Crippen molar-refractivity contribution < 1.29 is 9.13 Å². The van der Waals surface area contributed by atoms with Crippen molar-refractivity contribution in [2.75, 3.05) is 6.61 Å². The van der Waals surface area contributed by atoms with Crippen LogP contribution in [0.25, 0.3) is 0 Å². The van der Waals surface area contributed by atoms with E-state index in [4.69, 9.17) is 4.74 Å². The van der Waals surface area contributed by atoms with E-state index in [0.29, 0.717) is 19.2 Å². The van der Waals surface area contributed by atoms with Crippen LogP contribution in [0.15, 0.2) is 30.6 Å². The minimum Gasteiger partial charge on any atom is -0.493 e. The normalized spacial score (nSPS) is 11.1. The summed E-state index contributed by atoms with van der Waals surface area (Å²) in [6, 6.07) is 4.99. The summed E-state index contributed by atoms with van der Waals surface area (Å²) in [5.74, 6) is 0.489. The van der Waals surface area contributed by atoms with E-state index in [1.54, 1.807) is 10.7 Å². The zero-order valence-electron chi connectivity index (χ0n) is 12.8. The van der Waals surface area contributed by atoms with Gasteiger partial charge < -0.3 is 10.1 Å². The summed E-state index contributed by atoms with van der Waals surface area (Å²) in [6.45, 7) is 5.26. The third kappa shape index (κ3) is 4.86. The number of rotatable bonds is 7. The largest absolute Gasteiger partial charge is 0.493 e. The van der Waals surface area contributed by atoms with Crippen LogP contribution in [0.2, 0.25) is 0 Å². The first-order valence-corrected chi connectivity index (χ1v) is 7.16. The van der Waals surface area contributed by atoms with Crippen molar-refractivity contribution in [3.05, 3.63) is 47.5 Å². The van der Waals surface area contributed by atoms with E-state index < -0.39 is 0 Å². The standard InChI is InChI=1S/C16H22FN3O/c1-12(2)18-10-14-8-15(17)4-5-16(14)21-7-6-13-9-19-20(3)11-13/h4-5,8-9,11-12,18H,6-7,10H2,1-3H3. The minimum atomic E-state index is -0.241. The summed E-state index contributed by atoms with van der Waals surface area (Å²) in [5, 5.41) is 7.40. The molecule has 5 heteroatoms. The number of hydrogen-bond acceptors (Lipinski definition) is 3. The quantitative estimate of drug-likeness (QED) is 0.852. The maximum Gasteiger partial charge on any atom is 0.123 e. The highest BCUT2D eigenvalue weighted by Crippen LogP contribution is 2.20. The summed E-state index contributed by atoms with van der Waals surface area (Å²) in [7, 11) is 1.89. The second-order valence-corrected chi connectivity index (χ2v) is 5.41. The molecule has 0 radical (unpaired) electrons. The molecular weight excluding hydrogens is 269 g/mol. The Kier molecular flexibility index (Phi) is 5.33. The Hall–Kier alpha value is -1.88. The van der Waals surface area contributed by atoms with Gasteiger partial charge in [0.1, 0.15) is 11.6 Å². The van der Waals surface area contributed by atoms with Gasteiger partial charge in [0.05, 0.1) is 12.8 Å². The molecule has 0 spiro atoms. The van der Waals surface area contributed by atoms with Crippen LogP contribution >= 0.6 is 0 Å². The Morgan fingerprint density at radius 3 is 2.86 bits per heavy atom. The highest BCUT2D eigenvalue weighted by atomic mass is 19.1. The lowest BCUT2D eigenvalue weighted by Gasteiger charge is -2.13. The lowest BCUT2D eigenvalue weighted by molar-refractivity contribution is 0.316. The highest BCUT2D eigenvalue weighted by Gasteiger charge is 2.07. The molecule has 2 rings (SSSR count). The van der Waals surface area contributed by atoms with Crippen LogP contribution in [0, 0.1) is 5.82 Å². The van der Waals surface area contributed by atoms with Gasteiger partial charge in [-0.05, 0) is 23.8 Å². The topological polar surface area (TPSA) is 39.1 Å². The fraction of sp³-hybridized carbons (Fsp3) is 0.438. The van der Waals surface area contributed by atoms with E-state index in [1.165, 1.54) is 12.1 Å². The number of hydrogen-bond donors (Lipinski definition) is 1. The van der Waals surface area contributed by atoms with Crippen LogP contribution < -0.4 is 10.1 Å². The Morgan fingerprint density at radius 1 is 1.38 bits per heavy atom. The first kappa shape index (κ1) is 15.5. The van der Waals surface area contributed by atoms with Crippen LogP contribution in [-0.4, -0.2) is 22.4 Å². The Bertz CT molecular complexity index is 581. The molecule has 1 heterocycles. The molecule has 1 aromatic carbocycles. The Labute approximate surface area is 124 Å². The van der Waals surface area contributed by atoms with Gasteiger partial charge in [-0.1, -0.05) is 13.8 Å². The fourth-order valence-electron chi connectivity index (χ4n) is 2.02. The van der Waals surface area contributed by atoms with E-state index in [2.05, 4.69) is 24.3 Å². The van der Waals surface area contributed by atoms with Crippen molar-refractivity contribution >= 4 is 0 Å². The van der Waals surface area contributed by atoms with E-state index in [1.807, 2.05) is 19.4 Å². The van der Waals surface area contributed by atoms with Crippen LogP contribution in [0.5, 0.6) is 5.75 Å². The monoisotopic (exact) mass is 291 g/mol. The van der Waals surface area contributed by atoms with Gasteiger partial charge in [0.2, 0.25) is 0 Å². The molecule has 0 amide bonds. The predicted octanol–water partition coefficient (Wildman–Crippen LogP) is 2.68. The number of benzene rings is 1. The van der Waals surface area contributed by atoms with Crippen molar-refractivity contribution in [3.8, 4) is 5.75 Å². The molecule has 0 saturated carbocycles. The lowest BCUT2D eigenvalue weighted by atomic mass is 10.2. The van der Waals surface area contributed by atoms with Crippen LogP contribution in [-0.2, 0) is 20.0 Å². The van der Waals surface area contributed by atoms with Gasteiger partial charge in [-0.15, -0.1) is 0 Å². The van der Waals surface area contributed by atoms with Gasteiger partial charge in [0, 0.05) is 37.8 Å². The summed E-state index contributed by atoms with van der Waals surface area (Å²) in [6.07, 6.45) is 4.58. The average Bonchev–Trinajstić information content (AvgIpc) is 2.84. The SMILES string of the molecule is CC(C)NCc1cc(F)ccc1OCCc1cnn(C)c1. The first-order valence-electron chi connectivity index (χ1n) is 7.16. The second-order valence-electron chi connectivity index (χ2n) is 5.41. The summed E-state index contributed by atoms with van der Waals surface area (Å²) in [5.41, 5.74) is 1.97. The molecule has 0 fully saturated rings. The molecule has 2 aromatic rings. The molecular formula is C16H22FN3O. The van der Waals surface area contributed by atoms with Gasteiger partial charge in [0.25, 0.3) is 0 Å². The fourth-order valence-corrected chi connectivity index (χ4v) is 2.02. The van der Waals surface area contributed by atoms with Gasteiger partial charge in [-0.25, -0.2) is 4.39 Å². The molecule has 0 aliphatic carbocycles. The molecule has 1 N–H and O–H groups in total. The molecule has 0 bridgehead atoms. The summed E-state index contributed by atoms with van der Waals surface area (Å²) >= 11 is 0. The second kappa shape index (κ2) is 7.22. The smallest absolute Gasteiger partial charge is 0.123 e. The molecule has 1 aromatic heterocycles. The van der Waals surface area contributed by atoms with Gasteiger partial charge in [-0.2, -0.15) is 5.10 Å². The third-order valence-corrected chi connectivity index (χ3v) is 3.13. The molecule has 0 atom stereocenters. The van der Waals surface area contributed by atoms with E-state index >= 15 is 0 Å². The van der Waals surface area contributed by atoms with Crippen LogP contribution in [0.1, 0.15) is 25.0 Å². The van der Waals surface area contributed by atoms with E-state index in [0.717, 1.165) is 23.3 Å². The number of halogens is 1. The van der Waals surface area contributed by atoms with Crippen molar-refractivity contribution in [2.45, 2.75) is 32.9 Å².